The van der Waals surface area contributed by atoms with Crippen LogP contribution in [0.2, 0.25) is 0 Å². The summed E-state index contributed by atoms with van der Waals surface area (Å²) in [5.41, 5.74) is 1.37. The highest BCUT2D eigenvalue weighted by Crippen LogP contribution is 2.29. The SMILES string of the molecule is CCCCC(=O)c1cn(-c2ccccc2)nc1NC(=O)[C@H]1CC[C@H](C)CC1. The van der Waals surface area contributed by atoms with Gasteiger partial charge in [0.25, 0.3) is 0 Å². The molecule has 0 radical (unpaired) electrons. The van der Waals surface area contributed by atoms with Gasteiger partial charge in [-0.25, -0.2) is 4.68 Å². The van der Waals surface area contributed by atoms with E-state index in [0.29, 0.717) is 23.7 Å². The van der Waals surface area contributed by atoms with Crippen molar-refractivity contribution in [1.82, 2.24) is 9.78 Å². The molecular formula is C22H29N3O2. The summed E-state index contributed by atoms with van der Waals surface area (Å²) in [5.74, 6) is 1.12. The molecule has 0 saturated heterocycles. The minimum absolute atomic E-state index is 0.00949. The number of unbranched alkanes of at least 4 members (excludes halogenated alkanes) is 1. The van der Waals surface area contributed by atoms with Gasteiger partial charge >= 0.3 is 0 Å². The first-order chi connectivity index (χ1) is 13.1. The normalized spacial score (nSPS) is 19.6. The third-order valence-electron chi connectivity index (χ3n) is 5.42. The predicted molar refractivity (Wildman–Crippen MR) is 107 cm³/mol. The molecule has 1 aromatic carbocycles. The number of Topliss-reactive ketones (excluding diaryl/α,β-unsaturated/α-hetero) is 1. The highest BCUT2D eigenvalue weighted by atomic mass is 16.2. The van der Waals surface area contributed by atoms with Crippen molar-refractivity contribution in [3.8, 4) is 5.69 Å². The van der Waals surface area contributed by atoms with E-state index in [1.807, 2.05) is 30.3 Å². The molecule has 1 aliphatic carbocycles. The Morgan fingerprint density at radius 3 is 2.52 bits per heavy atom. The molecule has 0 aliphatic heterocycles. The molecule has 1 N–H and O–H groups in total. The molecule has 0 atom stereocenters. The van der Waals surface area contributed by atoms with E-state index >= 15 is 0 Å². The number of aromatic nitrogens is 2. The van der Waals surface area contributed by atoms with Crippen molar-refractivity contribution in [2.45, 2.75) is 58.8 Å². The first-order valence-electron chi connectivity index (χ1n) is 10.1. The first kappa shape index (κ1) is 19.3. The van der Waals surface area contributed by atoms with Crippen LogP contribution in [0.3, 0.4) is 0 Å². The fourth-order valence-electron chi connectivity index (χ4n) is 3.60. The fourth-order valence-corrected chi connectivity index (χ4v) is 3.60. The fraction of sp³-hybridized carbons (Fsp3) is 0.500. The van der Waals surface area contributed by atoms with Crippen molar-refractivity contribution in [3.05, 3.63) is 42.1 Å². The number of anilines is 1. The molecule has 144 valence electrons. The lowest BCUT2D eigenvalue weighted by Crippen LogP contribution is -2.27. The summed E-state index contributed by atoms with van der Waals surface area (Å²) in [7, 11) is 0. The minimum Gasteiger partial charge on any atom is -0.308 e. The molecule has 0 spiro atoms. The van der Waals surface area contributed by atoms with Crippen molar-refractivity contribution < 1.29 is 9.59 Å². The lowest BCUT2D eigenvalue weighted by atomic mass is 9.82. The molecule has 5 nitrogen and oxygen atoms in total. The first-order valence-corrected chi connectivity index (χ1v) is 10.1. The van der Waals surface area contributed by atoms with Crippen LogP contribution in [0.15, 0.2) is 36.5 Å². The molecule has 1 fully saturated rings. The molecule has 5 heteroatoms. The number of hydrogen-bond acceptors (Lipinski definition) is 3. The van der Waals surface area contributed by atoms with Crippen molar-refractivity contribution in [2.75, 3.05) is 5.32 Å². The quantitative estimate of drug-likeness (QED) is 0.700. The van der Waals surface area contributed by atoms with Gasteiger partial charge in [-0.2, -0.15) is 0 Å². The molecule has 27 heavy (non-hydrogen) atoms. The Bertz CT molecular complexity index is 774. The van der Waals surface area contributed by atoms with Crippen LogP contribution in [0.1, 0.15) is 69.2 Å². The van der Waals surface area contributed by atoms with E-state index in [-0.39, 0.29) is 17.6 Å². The van der Waals surface area contributed by atoms with Crippen LogP contribution in [0, 0.1) is 11.8 Å². The predicted octanol–water partition coefficient (Wildman–Crippen LogP) is 5.01. The standard InChI is InChI=1S/C22H29N3O2/c1-3-4-10-20(26)19-15-25(18-8-6-5-7-9-18)24-21(19)23-22(27)17-13-11-16(2)12-14-17/h5-9,15-17H,3-4,10-14H2,1-2H3,(H,23,24,27)/t16-,17-. The molecular weight excluding hydrogens is 338 g/mol. The number of ketones is 1. The van der Waals surface area contributed by atoms with Crippen molar-refractivity contribution >= 4 is 17.5 Å². The van der Waals surface area contributed by atoms with Gasteiger partial charge in [0.1, 0.15) is 0 Å². The Kier molecular flexibility index (Phi) is 6.43. The molecule has 1 aliphatic rings. The van der Waals surface area contributed by atoms with Gasteiger partial charge in [-0.05, 0) is 50.2 Å². The largest absolute Gasteiger partial charge is 0.308 e. The Balaban J connectivity index is 1.82. The van der Waals surface area contributed by atoms with E-state index in [9.17, 15) is 9.59 Å². The number of benzene rings is 1. The second-order valence-corrected chi connectivity index (χ2v) is 7.64. The average molecular weight is 367 g/mol. The van der Waals surface area contributed by atoms with E-state index in [0.717, 1.165) is 44.2 Å². The van der Waals surface area contributed by atoms with Gasteiger partial charge in [0, 0.05) is 18.5 Å². The lowest BCUT2D eigenvalue weighted by Gasteiger charge is -2.24. The van der Waals surface area contributed by atoms with Crippen LogP contribution in [0.4, 0.5) is 5.82 Å². The van der Waals surface area contributed by atoms with E-state index in [4.69, 9.17) is 0 Å². The number of hydrogen-bond donors (Lipinski definition) is 1. The highest BCUT2D eigenvalue weighted by molar-refractivity contribution is 6.04. The number of para-hydroxylation sites is 1. The number of nitrogens with one attached hydrogen (secondary N) is 1. The van der Waals surface area contributed by atoms with Crippen LogP contribution < -0.4 is 5.32 Å². The van der Waals surface area contributed by atoms with Gasteiger partial charge in [0.15, 0.2) is 11.6 Å². The zero-order valence-corrected chi connectivity index (χ0v) is 16.3. The summed E-state index contributed by atoms with van der Waals surface area (Å²) in [4.78, 5) is 25.4. The van der Waals surface area contributed by atoms with Crippen LogP contribution in [0.5, 0.6) is 0 Å². The Morgan fingerprint density at radius 1 is 1.15 bits per heavy atom. The monoisotopic (exact) mass is 367 g/mol. The van der Waals surface area contributed by atoms with Gasteiger partial charge in [-0.1, -0.05) is 38.5 Å². The summed E-state index contributed by atoms with van der Waals surface area (Å²) in [5, 5.41) is 7.47. The summed E-state index contributed by atoms with van der Waals surface area (Å²) in [6, 6.07) is 9.66. The molecule has 1 aromatic heterocycles. The lowest BCUT2D eigenvalue weighted by molar-refractivity contribution is -0.121. The maximum absolute atomic E-state index is 12.7. The number of nitrogens with zero attached hydrogens (tertiary/aromatic N) is 2. The van der Waals surface area contributed by atoms with Crippen LogP contribution in [-0.4, -0.2) is 21.5 Å². The summed E-state index contributed by atoms with van der Waals surface area (Å²) < 4.78 is 1.68. The smallest absolute Gasteiger partial charge is 0.228 e. The number of carbonyl (C=O) groups excluding carboxylic acids is 2. The van der Waals surface area contributed by atoms with E-state index in [2.05, 4.69) is 24.3 Å². The number of rotatable bonds is 7. The highest BCUT2D eigenvalue weighted by Gasteiger charge is 2.26. The number of carbonyl (C=O) groups is 2. The molecule has 0 unspecified atom stereocenters. The van der Waals surface area contributed by atoms with Gasteiger partial charge in [0.05, 0.1) is 11.3 Å². The zero-order chi connectivity index (χ0) is 19.2. The van der Waals surface area contributed by atoms with Crippen LogP contribution >= 0.6 is 0 Å². The molecule has 1 amide bonds. The van der Waals surface area contributed by atoms with E-state index in [1.165, 1.54) is 0 Å². The van der Waals surface area contributed by atoms with Gasteiger partial charge in [0.2, 0.25) is 5.91 Å². The molecule has 3 rings (SSSR count). The third-order valence-corrected chi connectivity index (χ3v) is 5.42. The van der Waals surface area contributed by atoms with Gasteiger partial charge in [-0.3, -0.25) is 9.59 Å². The van der Waals surface area contributed by atoms with Crippen LogP contribution in [0.25, 0.3) is 5.69 Å². The summed E-state index contributed by atoms with van der Waals surface area (Å²) in [6.07, 6.45) is 7.99. The summed E-state index contributed by atoms with van der Waals surface area (Å²) >= 11 is 0. The van der Waals surface area contributed by atoms with Gasteiger partial charge < -0.3 is 5.32 Å². The Morgan fingerprint density at radius 2 is 1.85 bits per heavy atom. The minimum atomic E-state index is -0.00949. The topological polar surface area (TPSA) is 64.0 Å². The molecule has 0 bridgehead atoms. The Labute approximate surface area is 161 Å². The van der Waals surface area contributed by atoms with Crippen LogP contribution in [-0.2, 0) is 4.79 Å². The van der Waals surface area contributed by atoms with E-state index < -0.39 is 0 Å². The zero-order valence-electron chi connectivity index (χ0n) is 16.3. The average Bonchev–Trinajstić information content (AvgIpc) is 3.11. The molecule has 1 heterocycles. The Hall–Kier alpha value is -2.43. The second kappa shape index (κ2) is 8.98. The van der Waals surface area contributed by atoms with Gasteiger partial charge in [-0.15, -0.1) is 5.10 Å². The maximum Gasteiger partial charge on any atom is 0.228 e. The van der Waals surface area contributed by atoms with Crippen molar-refractivity contribution in [3.63, 3.8) is 0 Å². The number of amides is 1. The van der Waals surface area contributed by atoms with Crippen molar-refractivity contribution in [1.29, 1.82) is 0 Å². The van der Waals surface area contributed by atoms with E-state index in [1.54, 1.807) is 10.9 Å². The third kappa shape index (κ3) is 4.85. The summed E-state index contributed by atoms with van der Waals surface area (Å²) in [6.45, 7) is 4.30. The maximum atomic E-state index is 12.7. The van der Waals surface area contributed by atoms with Crippen molar-refractivity contribution in [2.24, 2.45) is 11.8 Å². The molecule has 1 saturated carbocycles. The second-order valence-electron chi connectivity index (χ2n) is 7.64. The molecule has 2 aromatic rings.